The highest BCUT2D eigenvalue weighted by Crippen LogP contribution is 2.14. The van der Waals surface area contributed by atoms with Crippen LogP contribution in [-0.2, 0) is 4.74 Å². The van der Waals surface area contributed by atoms with Crippen molar-refractivity contribution >= 4 is 6.08 Å². The van der Waals surface area contributed by atoms with E-state index in [9.17, 15) is 0 Å². The first-order valence-corrected chi connectivity index (χ1v) is 4.80. The van der Waals surface area contributed by atoms with Gasteiger partial charge in [-0.05, 0) is 18.4 Å². The average Bonchev–Trinajstić information content (AvgIpc) is 2.69. The van der Waals surface area contributed by atoms with Crippen LogP contribution in [0, 0.1) is 0 Å². The Bertz CT molecular complexity index is 270. The molecule has 0 bridgehead atoms. The Morgan fingerprint density at radius 2 is 2.08 bits per heavy atom. The predicted octanol–water partition coefficient (Wildman–Crippen LogP) is 2.88. The van der Waals surface area contributed by atoms with Crippen molar-refractivity contribution in [2.45, 2.75) is 18.9 Å². The molecule has 1 atom stereocenters. The van der Waals surface area contributed by atoms with Crippen LogP contribution in [0.1, 0.15) is 18.4 Å². The van der Waals surface area contributed by atoms with Gasteiger partial charge in [-0.2, -0.15) is 0 Å². The third kappa shape index (κ3) is 2.43. The second-order valence-corrected chi connectivity index (χ2v) is 3.32. The van der Waals surface area contributed by atoms with E-state index in [-0.39, 0.29) is 0 Å². The first-order valence-electron chi connectivity index (χ1n) is 4.80. The predicted molar refractivity (Wildman–Crippen MR) is 54.5 cm³/mol. The summed E-state index contributed by atoms with van der Waals surface area (Å²) < 4.78 is 5.49. The van der Waals surface area contributed by atoms with Crippen LogP contribution >= 0.6 is 0 Å². The molecule has 13 heavy (non-hydrogen) atoms. The van der Waals surface area contributed by atoms with Crippen LogP contribution in [0.5, 0.6) is 0 Å². The Balaban J connectivity index is 1.97. The molecule has 0 saturated carbocycles. The van der Waals surface area contributed by atoms with E-state index in [1.807, 2.05) is 6.07 Å². The lowest BCUT2D eigenvalue weighted by Crippen LogP contribution is -1.98. The molecule has 68 valence electrons. The molecule has 1 heteroatoms. The molecule has 1 saturated heterocycles. The van der Waals surface area contributed by atoms with Crippen LogP contribution < -0.4 is 0 Å². The number of hydrogen-bond acceptors (Lipinski definition) is 1. The van der Waals surface area contributed by atoms with E-state index in [2.05, 4.69) is 36.4 Å². The first-order chi connectivity index (χ1) is 6.45. The topological polar surface area (TPSA) is 9.23 Å². The summed E-state index contributed by atoms with van der Waals surface area (Å²) in [4.78, 5) is 0. The van der Waals surface area contributed by atoms with E-state index in [0.717, 1.165) is 6.61 Å². The normalized spacial score (nSPS) is 22.6. The van der Waals surface area contributed by atoms with Crippen LogP contribution in [0.2, 0.25) is 0 Å². The molecular weight excluding hydrogens is 160 g/mol. The summed E-state index contributed by atoms with van der Waals surface area (Å²) in [6, 6.07) is 10.3. The van der Waals surface area contributed by atoms with Gasteiger partial charge in [0.2, 0.25) is 0 Å². The van der Waals surface area contributed by atoms with Crippen LogP contribution in [0.3, 0.4) is 0 Å². The summed E-state index contributed by atoms with van der Waals surface area (Å²) in [5.74, 6) is 0. The van der Waals surface area contributed by atoms with Gasteiger partial charge in [0.1, 0.15) is 0 Å². The van der Waals surface area contributed by atoms with Crippen LogP contribution in [0.15, 0.2) is 36.4 Å². The highest BCUT2D eigenvalue weighted by atomic mass is 16.5. The molecule has 1 aliphatic heterocycles. The van der Waals surface area contributed by atoms with E-state index >= 15 is 0 Å². The van der Waals surface area contributed by atoms with E-state index in [0.29, 0.717) is 6.10 Å². The van der Waals surface area contributed by atoms with Crippen molar-refractivity contribution in [3.63, 3.8) is 0 Å². The minimum atomic E-state index is 0.347. The monoisotopic (exact) mass is 174 g/mol. The van der Waals surface area contributed by atoms with Gasteiger partial charge >= 0.3 is 0 Å². The van der Waals surface area contributed by atoms with Crippen molar-refractivity contribution in [1.29, 1.82) is 0 Å². The lowest BCUT2D eigenvalue weighted by molar-refractivity contribution is 0.146. The Morgan fingerprint density at radius 1 is 1.23 bits per heavy atom. The van der Waals surface area contributed by atoms with Gasteiger partial charge in [-0.25, -0.2) is 0 Å². The molecule has 1 fully saturated rings. The zero-order chi connectivity index (χ0) is 8.93. The van der Waals surface area contributed by atoms with Gasteiger partial charge in [-0.1, -0.05) is 42.5 Å². The second kappa shape index (κ2) is 4.24. The van der Waals surface area contributed by atoms with E-state index in [1.54, 1.807) is 0 Å². The van der Waals surface area contributed by atoms with Gasteiger partial charge in [-0.15, -0.1) is 0 Å². The largest absolute Gasteiger partial charge is 0.374 e. The third-order valence-corrected chi connectivity index (χ3v) is 2.27. The van der Waals surface area contributed by atoms with Gasteiger partial charge in [0.15, 0.2) is 0 Å². The number of ether oxygens (including phenoxy) is 1. The lowest BCUT2D eigenvalue weighted by atomic mass is 10.1. The number of rotatable bonds is 2. The fourth-order valence-electron chi connectivity index (χ4n) is 1.54. The third-order valence-electron chi connectivity index (χ3n) is 2.27. The summed E-state index contributed by atoms with van der Waals surface area (Å²) in [5.41, 5.74) is 1.25. The zero-order valence-corrected chi connectivity index (χ0v) is 7.65. The zero-order valence-electron chi connectivity index (χ0n) is 7.65. The Kier molecular flexibility index (Phi) is 2.78. The summed E-state index contributed by atoms with van der Waals surface area (Å²) in [6.45, 7) is 0.920. The maximum Gasteiger partial charge on any atom is 0.0759 e. The molecule has 0 N–H and O–H groups in total. The molecule has 1 heterocycles. The Hall–Kier alpha value is -1.08. The average molecular weight is 174 g/mol. The fraction of sp³-hybridized carbons (Fsp3) is 0.333. The molecule has 1 nitrogen and oxygen atoms in total. The van der Waals surface area contributed by atoms with Crippen molar-refractivity contribution in [1.82, 2.24) is 0 Å². The van der Waals surface area contributed by atoms with Crippen molar-refractivity contribution < 1.29 is 4.74 Å². The standard InChI is InChI=1S/C12H14O/c1-2-5-11(6-3-1)8-9-12-7-4-10-13-12/h1-3,5-6,8-9,12H,4,7,10H2/b9-8-/t12-/m0/s1. The van der Waals surface area contributed by atoms with Crippen molar-refractivity contribution in [3.05, 3.63) is 42.0 Å². The lowest BCUT2D eigenvalue weighted by Gasteiger charge is -2.00. The molecule has 2 rings (SSSR count). The number of hydrogen-bond donors (Lipinski definition) is 0. The van der Waals surface area contributed by atoms with Crippen molar-refractivity contribution in [3.8, 4) is 0 Å². The van der Waals surface area contributed by atoms with Crippen LogP contribution in [-0.4, -0.2) is 12.7 Å². The minimum absolute atomic E-state index is 0.347. The smallest absolute Gasteiger partial charge is 0.0759 e. The number of benzene rings is 1. The molecule has 0 aromatic heterocycles. The molecule has 0 spiro atoms. The van der Waals surface area contributed by atoms with E-state index < -0.39 is 0 Å². The Morgan fingerprint density at radius 3 is 2.77 bits per heavy atom. The molecule has 1 aromatic carbocycles. The van der Waals surface area contributed by atoms with Crippen molar-refractivity contribution in [2.24, 2.45) is 0 Å². The van der Waals surface area contributed by atoms with Crippen LogP contribution in [0.25, 0.3) is 6.08 Å². The quantitative estimate of drug-likeness (QED) is 0.670. The molecule has 1 aromatic rings. The SMILES string of the molecule is C(=C/[C@@H]1CCCO1)/c1ccccc1. The molecule has 0 radical (unpaired) electrons. The van der Waals surface area contributed by atoms with Gasteiger partial charge in [0, 0.05) is 6.61 Å². The molecule has 0 amide bonds. The summed E-state index contributed by atoms with van der Waals surface area (Å²) in [6.07, 6.45) is 7.01. The highest BCUT2D eigenvalue weighted by Gasteiger charge is 2.10. The van der Waals surface area contributed by atoms with Gasteiger partial charge in [0.25, 0.3) is 0 Å². The molecule has 1 aliphatic rings. The van der Waals surface area contributed by atoms with Crippen LogP contribution in [0.4, 0.5) is 0 Å². The van der Waals surface area contributed by atoms with Gasteiger partial charge in [-0.3, -0.25) is 0 Å². The van der Waals surface area contributed by atoms with Gasteiger partial charge < -0.3 is 4.74 Å². The van der Waals surface area contributed by atoms with E-state index in [4.69, 9.17) is 4.74 Å². The fourth-order valence-corrected chi connectivity index (χ4v) is 1.54. The van der Waals surface area contributed by atoms with Crippen molar-refractivity contribution in [2.75, 3.05) is 6.61 Å². The summed E-state index contributed by atoms with van der Waals surface area (Å²) in [7, 11) is 0. The minimum Gasteiger partial charge on any atom is -0.374 e. The van der Waals surface area contributed by atoms with Gasteiger partial charge in [0.05, 0.1) is 6.10 Å². The molecular formula is C12H14O. The summed E-state index contributed by atoms with van der Waals surface area (Å²) >= 11 is 0. The van der Waals surface area contributed by atoms with E-state index in [1.165, 1.54) is 18.4 Å². The molecule has 0 unspecified atom stereocenters. The maximum atomic E-state index is 5.49. The summed E-state index contributed by atoms with van der Waals surface area (Å²) in [5, 5.41) is 0. The highest BCUT2D eigenvalue weighted by molar-refractivity contribution is 5.49. The first kappa shape index (κ1) is 8.52. The second-order valence-electron chi connectivity index (χ2n) is 3.32. The Labute approximate surface area is 79.0 Å². The maximum absolute atomic E-state index is 5.49. The molecule has 0 aliphatic carbocycles.